The van der Waals surface area contributed by atoms with Gasteiger partial charge in [0, 0.05) is 25.7 Å². The quantitative estimate of drug-likeness (QED) is 0.785. The molecule has 0 atom stereocenters. The highest BCUT2D eigenvalue weighted by Gasteiger charge is 2.12. The largest absolute Gasteiger partial charge is 0.356 e. The fraction of sp³-hybridized carbons (Fsp3) is 0.706. The summed E-state index contributed by atoms with van der Waals surface area (Å²) in [5, 5.41) is 3.43. The summed E-state index contributed by atoms with van der Waals surface area (Å²) in [6.45, 7) is 16.3. The summed E-state index contributed by atoms with van der Waals surface area (Å²) in [4.78, 5) is 7.23. The molecule has 20 heavy (non-hydrogen) atoms. The van der Waals surface area contributed by atoms with Crippen LogP contribution in [0.2, 0.25) is 0 Å². The SMILES string of the molecule is CC(C)CN(CC(C)C)c1cccc(CNC(C)C)n1. The second-order valence-corrected chi connectivity index (χ2v) is 6.72. The van der Waals surface area contributed by atoms with Crippen molar-refractivity contribution in [2.75, 3.05) is 18.0 Å². The Hall–Kier alpha value is -1.09. The van der Waals surface area contributed by atoms with Crippen molar-refractivity contribution in [3.05, 3.63) is 23.9 Å². The van der Waals surface area contributed by atoms with E-state index in [2.05, 4.69) is 70.0 Å². The second-order valence-electron chi connectivity index (χ2n) is 6.72. The van der Waals surface area contributed by atoms with Gasteiger partial charge in [0.05, 0.1) is 5.69 Å². The number of nitrogens with zero attached hydrogens (tertiary/aromatic N) is 2. The summed E-state index contributed by atoms with van der Waals surface area (Å²) in [6.07, 6.45) is 0. The normalized spacial score (nSPS) is 11.7. The van der Waals surface area contributed by atoms with E-state index in [9.17, 15) is 0 Å². The molecule has 0 aliphatic carbocycles. The van der Waals surface area contributed by atoms with Crippen LogP contribution in [0.1, 0.15) is 47.2 Å². The Labute approximate surface area is 124 Å². The third kappa shape index (κ3) is 6.38. The van der Waals surface area contributed by atoms with Gasteiger partial charge in [0.2, 0.25) is 0 Å². The lowest BCUT2D eigenvalue weighted by atomic mass is 10.1. The summed E-state index contributed by atoms with van der Waals surface area (Å²) in [5.74, 6) is 2.40. The molecule has 0 aromatic carbocycles. The monoisotopic (exact) mass is 277 g/mol. The van der Waals surface area contributed by atoms with E-state index < -0.39 is 0 Å². The molecule has 3 nitrogen and oxygen atoms in total. The third-order valence-electron chi connectivity index (χ3n) is 2.98. The number of aromatic nitrogens is 1. The zero-order chi connectivity index (χ0) is 15.1. The predicted molar refractivity (Wildman–Crippen MR) is 88.1 cm³/mol. The van der Waals surface area contributed by atoms with Crippen molar-refractivity contribution in [2.24, 2.45) is 11.8 Å². The van der Waals surface area contributed by atoms with Crippen LogP contribution in [0.5, 0.6) is 0 Å². The van der Waals surface area contributed by atoms with Crippen LogP contribution in [0.15, 0.2) is 18.2 Å². The smallest absolute Gasteiger partial charge is 0.128 e. The van der Waals surface area contributed by atoms with E-state index in [4.69, 9.17) is 4.98 Å². The zero-order valence-electron chi connectivity index (χ0n) is 14.0. The molecule has 0 aliphatic rings. The minimum Gasteiger partial charge on any atom is -0.356 e. The highest BCUT2D eigenvalue weighted by molar-refractivity contribution is 5.39. The lowest BCUT2D eigenvalue weighted by Crippen LogP contribution is -2.32. The number of hydrogen-bond donors (Lipinski definition) is 1. The molecule has 1 aromatic rings. The molecule has 0 spiro atoms. The fourth-order valence-electron chi connectivity index (χ4n) is 2.19. The van der Waals surface area contributed by atoms with Crippen LogP contribution in [0.4, 0.5) is 5.82 Å². The van der Waals surface area contributed by atoms with Crippen LogP contribution < -0.4 is 10.2 Å². The molecule has 1 aromatic heterocycles. The molecule has 1 N–H and O–H groups in total. The highest BCUT2D eigenvalue weighted by Crippen LogP contribution is 2.15. The maximum atomic E-state index is 4.81. The van der Waals surface area contributed by atoms with Gasteiger partial charge in [0.15, 0.2) is 0 Å². The van der Waals surface area contributed by atoms with Gasteiger partial charge in [-0.2, -0.15) is 0 Å². The summed E-state index contributed by atoms with van der Waals surface area (Å²) >= 11 is 0. The fourth-order valence-corrected chi connectivity index (χ4v) is 2.19. The van der Waals surface area contributed by atoms with Gasteiger partial charge >= 0.3 is 0 Å². The van der Waals surface area contributed by atoms with Gasteiger partial charge in [-0.1, -0.05) is 47.6 Å². The molecular weight excluding hydrogens is 246 g/mol. The molecule has 3 heteroatoms. The standard InChI is InChI=1S/C17H31N3/c1-13(2)11-20(12-14(3)4)17-9-7-8-16(19-17)10-18-15(5)6/h7-9,13-15,18H,10-12H2,1-6H3. The van der Waals surface area contributed by atoms with Crippen LogP contribution in [0.3, 0.4) is 0 Å². The van der Waals surface area contributed by atoms with Crippen LogP contribution in [0.25, 0.3) is 0 Å². The number of nitrogens with one attached hydrogen (secondary N) is 1. The first-order valence-corrected chi connectivity index (χ1v) is 7.82. The third-order valence-corrected chi connectivity index (χ3v) is 2.98. The zero-order valence-corrected chi connectivity index (χ0v) is 14.0. The van der Waals surface area contributed by atoms with Gasteiger partial charge in [0.1, 0.15) is 5.82 Å². The predicted octanol–water partition coefficient (Wildman–Crippen LogP) is 3.70. The first-order valence-electron chi connectivity index (χ1n) is 7.82. The Morgan fingerprint density at radius 1 is 1.00 bits per heavy atom. The summed E-state index contributed by atoms with van der Waals surface area (Å²) in [7, 11) is 0. The Bertz CT molecular complexity index is 376. The van der Waals surface area contributed by atoms with Crippen molar-refractivity contribution >= 4 is 5.82 Å². The van der Waals surface area contributed by atoms with Gasteiger partial charge in [-0.15, -0.1) is 0 Å². The van der Waals surface area contributed by atoms with Crippen LogP contribution in [0, 0.1) is 11.8 Å². The first-order chi connectivity index (χ1) is 9.38. The van der Waals surface area contributed by atoms with Crippen molar-refractivity contribution < 1.29 is 0 Å². The van der Waals surface area contributed by atoms with Gasteiger partial charge in [-0.25, -0.2) is 4.98 Å². The molecule has 0 fully saturated rings. The van der Waals surface area contributed by atoms with E-state index in [1.807, 2.05) is 0 Å². The van der Waals surface area contributed by atoms with E-state index in [1.54, 1.807) is 0 Å². The minimum absolute atomic E-state index is 0.489. The van der Waals surface area contributed by atoms with Crippen LogP contribution in [-0.2, 0) is 6.54 Å². The Morgan fingerprint density at radius 2 is 1.60 bits per heavy atom. The van der Waals surface area contributed by atoms with Crippen LogP contribution >= 0.6 is 0 Å². The van der Waals surface area contributed by atoms with Crippen molar-refractivity contribution in [3.63, 3.8) is 0 Å². The number of pyridine rings is 1. The van der Waals surface area contributed by atoms with E-state index in [0.717, 1.165) is 31.1 Å². The molecule has 0 saturated carbocycles. The van der Waals surface area contributed by atoms with E-state index in [1.165, 1.54) is 0 Å². The summed E-state index contributed by atoms with van der Waals surface area (Å²) in [5.41, 5.74) is 1.12. The molecular formula is C17H31N3. The molecule has 0 bridgehead atoms. The molecule has 0 amide bonds. The van der Waals surface area contributed by atoms with Crippen molar-refractivity contribution in [1.29, 1.82) is 0 Å². The van der Waals surface area contributed by atoms with Gasteiger partial charge in [0.25, 0.3) is 0 Å². The van der Waals surface area contributed by atoms with Crippen LogP contribution in [-0.4, -0.2) is 24.1 Å². The lowest BCUT2D eigenvalue weighted by Gasteiger charge is -2.27. The average Bonchev–Trinajstić information content (AvgIpc) is 2.35. The average molecular weight is 277 g/mol. The molecule has 0 saturated heterocycles. The molecule has 1 rings (SSSR count). The molecule has 114 valence electrons. The molecule has 0 radical (unpaired) electrons. The van der Waals surface area contributed by atoms with Gasteiger partial charge in [-0.05, 0) is 24.0 Å². The second kappa shape index (κ2) is 8.25. The maximum Gasteiger partial charge on any atom is 0.128 e. The maximum absolute atomic E-state index is 4.81. The topological polar surface area (TPSA) is 28.2 Å². The van der Waals surface area contributed by atoms with Crippen molar-refractivity contribution in [3.8, 4) is 0 Å². The Kier molecular flexibility index (Phi) is 7.00. The van der Waals surface area contributed by atoms with Crippen molar-refractivity contribution in [2.45, 2.75) is 54.1 Å². The van der Waals surface area contributed by atoms with E-state index >= 15 is 0 Å². The summed E-state index contributed by atoms with van der Waals surface area (Å²) < 4.78 is 0. The first kappa shape index (κ1) is 17.0. The molecule has 1 heterocycles. The van der Waals surface area contributed by atoms with Gasteiger partial charge in [-0.3, -0.25) is 0 Å². The highest BCUT2D eigenvalue weighted by atomic mass is 15.2. The molecule has 0 aliphatic heterocycles. The number of rotatable bonds is 8. The van der Waals surface area contributed by atoms with Crippen molar-refractivity contribution in [1.82, 2.24) is 10.3 Å². The van der Waals surface area contributed by atoms with E-state index in [0.29, 0.717) is 17.9 Å². The minimum atomic E-state index is 0.489. The Morgan fingerprint density at radius 3 is 2.10 bits per heavy atom. The Balaban J connectivity index is 2.81. The number of hydrogen-bond acceptors (Lipinski definition) is 3. The lowest BCUT2D eigenvalue weighted by molar-refractivity contribution is 0.545. The number of anilines is 1. The van der Waals surface area contributed by atoms with E-state index in [-0.39, 0.29) is 0 Å². The molecule has 0 unspecified atom stereocenters. The van der Waals surface area contributed by atoms with Gasteiger partial charge < -0.3 is 10.2 Å². The summed E-state index contributed by atoms with van der Waals surface area (Å²) in [6, 6.07) is 6.83.